The average molecular weight is 519 g/mol. The molecule has 0 saturated heterocycles. The van der Waals surface area contributed by atoms with Gasteiger partial charge in [-0.05, 0) is 66.9 Å². The smallest absolute Gasteiger partial charge is 0.366 e. The summed E-state index contributed by atoms with van der Waals surface area (Å²) in [5, 5.41) is 2.74. The topological polar surface area (TPSA) is 111 Å². The molecule has 0 unspecified atom stereocenters. The van der Waals surface area contributed by atoms with Gasteiger partial charge in [-0.15, -0.1) is 0 Å². The van der Waals surface area contributed by atoms with Gasteiger partial charge in [0.1, 0.15) is 5.69 Å². The highest BCUT2D eigenvalue weighted by molar-refractivity contribution is 6.19. The van der Waals surface area contributed by atoms with Crippen LogP contribution in [0.5, 0.6) is 0 Å². The molecule has 0 aliphatic carbocycles. The summed E-state index contributed by atoms with van der Waals surface area (Å²) in [4.78, 5) is 50.5. The van der Waals surface area contributed by atoms with E-state index in [2.05, 4.69) is 5.32 Å². The van der Waals surface area contributed by atoms with Crippen LogP contribution in [0.15, 0.2) is 60.8 Å². The van der Waals surface area contributed by atoms with Crippen LogP contribution in [0, 0.1) is 0 Å². The van der Waals surface area contributed by atoms with Gasteiger partial charge in [-0.1, -0.05) is 12.1 Å². The van der Waals surface area contributed by atoms with Gasteiger partial charge in [0.15, 0.2) is 5.78 Å². The third-order valence-electron chi connectivity index (χ3n) is 6.53. The zero-order valence-electron chi connectivity index (χ0n) is 20.0. The molecule has 3 heterocycles. The molecule has 0 atom stereocenters. The van der Waals surface area contributed by atoms with Crippen LogP contribution in [0.2, 0.25) is 0 Å². The number of halogens is 3. The summed E-state index contributed by atoms with van der Waals surface area (Å²) in [6.07, 6.45) is -2.60. The Morgan fingerprint density at radius 1 is 0.974 bits per heavy atom. The maximum atomic E-state index is 14.0. The Morgan fingerprint density at radius 2 is 1.74 bits per heavy atom. The molecule has 10 heteroatoms. The molecule has 4 aromatic rings. The molecule has 3 N–H and O–H groups in total. The molecule has 1 aliphatic rings. The molecule has 1 aliphatic heterocycles. The van der Waals surface area contributed by atoms with E-state index in [9.17, 15) is 32.3 Å². The lowest BCUT2D eigenvalue weighted by atomic mass is 9.92. The van der Waals surface area contributed by atoms with Gasteiger partial charge in [-0.3, -0.25) is 19.2 Å². The number of primary amides is 1. The Hall–Kier alpha value is -4.73. The van der Waals surface area contributed by atoms with E-state index < -0.39 is 29.2 Å². The molecule has 2 amide bonds. The van der Waals surface area contributed by atoms with E-state index in [1.807, 2.05) is 0 Å². The van der Waals surface area contributed by atoms with Crippen molar-refractivity contribution < 1.29 is 32.3 Å². The second-order valence-corrected chi connectivity index (χ2v) is 9.02. The normalized spacial score (nSPS) is 13.2. The minimum atomic E-state index is -4.65. The first kappa shape index (κ1) is 24.9. The zero-order valence-corrected chi connectivity index (χ0v) is 20.0. The average Bonchev–Trinajstić information content (AvgIpc) is 3.22. The van der Waals surface area contributed by atoms with Gasteiger partial charge in [0.2, 0.25) is 17.6 Å². The summed E-state index contributed by atoms with van der Waals surface area (Å²) < 4.78 is 42.1. The van der Waals surface area contributed by atoms with Crippen molar-refractivity contribution in [2.24, 2.45) is 5.73 Å². The SMILES string of the molecule is CC(=O)c1c(-c2cccc(C(F)(F)F)c2)c(C(=O)c2ccc3c(c2)CCC(=O)N3)n2ccc(C(N)=O)cc12. The van der Waals surface area contributed by atoms with Crippen molar-refractivity contribution in [3.63, 3.8) is 0 Å². The first-order valence-electron chi connectivity index (χ1n) is 11.6. The predicted octanol–water partition coefficient (Wildman–Crippen LogP) is 5.04. The van der Waals surface area contributed by atoms with Crippen LogP contribution in [-0.2, 0) is 17.4 Å². The fourth-order valence-electron chi connectivity index (χ4n) is 4.78. The molecule has 2 aromatic carbocycles. The van der Waals surface area contributed by atoms with E-state index in [-0.39, 0.29) is 51.4 Å². The zero-order chi connectivity index (χ0) is 27.4. The molecule has 0 fully saturated rings. The number of hydrogen-bond acceptors (Lipinski definition) is 4. The van der Waals surface area contributed by atoms with Gasteiger partial charge in [0.25, 0.3) is 0 Å². The van der Waals surface area contributed by atoms with Crippen molar-refractivity contribution in [1.29, 1.82) is 0 Å². The molecule has 7 nitrogen and oxygen atoms in total. The summed E-state index contributed by atoms with van der Waals surface area (Å²) >= 11 is 0. The van der Waals surface area contributed by atoms with Gasteiger partial charge >= 0.3 is 6.18 Å². The lowest BCUT2D eigenvalue weighted by Gasteiger charge is -2.17. The standard InChI is InChI=1S/C28H20F3N3O4/c1-14(35)23-21-13-18(27(32)38)9-10-34(21)25(24(23)16-3-2-4-19(12-16)28(29,30)31)26(37)17-5-7-20-15(11-17)6-8-22(36)33-20/h2-5,7,9-13H,6,8H2,1H3,(H2,32,38)(H,33,36). The number of carbonyl (C=O) groups is 4. The number of pyridine rings is 1. The van der Waals surface area contributed by atoms with Crippen molar-refractivity contribution in [2.45, 2.75) is 25.9 Å². The number of benzene rings is 2. The summed E-state index contributed by atoms with van der Waals surface area (Å²) in [7, 11) is 0. The molecule has 2 aromatic heterocycles. The number of nitrogens with zero attached hydrogens (tertiary/aromatic N) is 1. The summed E-state index contributed by atoms with van der Waals surface area (Å²) in [5.41, 5.74) is 6.22. The molecule has 0 saturated carbocycles. The van der Waals surface area contributed by atoms with E-state index in [1.54, 1.807) is 12.1 Å². The predicted molar refractivity (Wildman–Crippen MR) is 133 cm³/mol. The molecular formula is C28H20F3N3O4. The second kappa shape index (κ2) is 8.98. The van der Waals surface area contributed by atoms with Crippen molar-refractivity contribution in [3.8, 4) is 11.1 Å². The highest BCUT2D eigenvalue weighted by atomic mass is 19.4. The van der Waals surface area contributed by atoms with Crippen LogP contribution in [0.1, 0.15) is 61.2 Å². The molecule has 192 valence electrons. The van der Waals surface area contributed by atoms with Crippen molar-refractivity contribution in [2.75, 3.05) is 5.32 Å². The molecule has 0 spiro atoms. The fraction of sp³-hybridized carbons (Fsp3) is 0.143. The Morgan fingerprint density at radius 3 is 2.42 bits per heavy atom. The number of ketones is 2. The van der Waals surface area contributed by atoms with Gasteiger partial charge < -0.3 is 15.5 Å². The Kier molecular flexibility index (Phi) is 5.90. The summed E-state index contributed by atoms with van der Waals surface area (Å²) in [6, 6.07) is 11.8. The van der Waals surface area contributed by atoms with Crippen LogP contribution < -0.4 is 11.1 Å². The van der Waals surface area contributed by atoms with E-state index in [1.165, 1.54) is 47.9 Å². The summed E-state index contributed by atoms with van der Waals surface area (Å²) in [6.45, 7) is 1.24. The Balaban J connectivity index is 1.81. The quantitative estimate of drug-likeness (QED) is 0.360. The number of nitrogens with one attached hydrogen (secondary N) is 1. The van der Waals surface area contributed by atoms with E-state index >= 15 is 0 Å². The van der Waals surface area contributed by atoms with Gasteiger partial charge in [0, 0.05) is 35.0 Å². The number of fused-ring (bicyclic) bond motifs is 2. The van der Waals surface area contributed by atoms with Crippen molar-refractivity contribution in [1.82, 2.24) is 4.40 Å². The monoisotopic (exact) mass is 519 g/mol. The van der Waals surface area contributed by atoms with Crippen LogP contribution in [-0.4, -0.2) is 27.8 Å². The Bertz CT molecular complexity index is 1680. The van der Waals surface area contributed by atoms with Gasteiger partial charge in [-0.2, -0.15) is 13.2 Å². The van der Waals surface area contributed by atoms with Crippen LogP contribution in [0.4, 0.5) is 18.9 Å². The molecule has 0 radical (unpaired) electrons. The second-order valence-electron chi connectivity index (χ2n) is 9.02. The molecule has 0 bridgehead atoms. The van der Waals surface area contributed by atoms with Crippen LogP contribution >= 0.6 is 0 Å². The number of Topliss-reactive ketones (excluding diaryl/α,β-unsaturated/α-hetero) is 1. The third kappa shape index (κ3) is 4.23. The van der Waals surface area contributed by atoms with Gasteiger partial charge in [-0.25, -0.2) is 0 Å². The molecular weight excluding hydrogens is 499 g/mol. The highest BCUT2D eigenvalue weighted by Gasteiger charge is 2.33. The molecule has 5 rings (SSSR count). The number of amides is 2. The minimum Gasteiger partial charge on any atom is -0.366 e. The Labute approximate surface area is 214 Å². The number of aryl methyl sites for hydroxylation is 1. The number of carbonyl (C=O) groups excluding carboxylic acids is 4. The van der Waals surface area contributed by atoms with Crippen LogP contribution in [0.25, 0.3) is 16.6 Å². The third-order valence-corrected chi connectivity index (χ3v) is 6.53. The largest absolute Gasteiger partial charge is 0.416 e. The number of aromatic nitrogens is 1. The lowest BCUT2D eigenvalue weighted by Crippen LogP contribution is -2.19. The van der Waals surface area contributed by atoms with E-state index in [4.69, 9.17) is 5.73 Å². The first-order valence-corrected chi connectivity index (χ1v) is 11.6. The number of nitrogens with two attached hydrogens (primary N) is 1. The van der Waals surface area contributed by atoms with Crippen molar-refractivity contribution >= 4 is 34.6 Å². The minimum absolute atomic E-state index is 0.0130. The van der Waals surface area contributed by atoms with E-state index in [0.717, 1.165) is 17.7 Å². The number of alkyl halides is 3. The highest BCUT2D eigenvalue weighted by Crippen LogP contribution is 2.39. The fourth-order valence-corrected chi connectivity index (χ4v) is 4.78. The van der Waals surface area contributed by atoms with Gasteiger partial charge in [0.05, 0.1) is 16.6 Å². The molecule has 38 heavy (non-hydrogen) atoms. The van der Waals surface area contributed by atoms with E-state index in [0.29, 0.717) is 12.1 Å². The van der Waals surface area contributed by atoms with Crippen LogP contribution in [0.3, 0.4) is 0 Å². The number of hydrogen-bond donors (Lipinski definition) is 2. The maximum absolute atomic E-state index is 14.0. The maximum Gasteiger partial charge on any atom is 0.416 e. The number of rotatable bonds is 5. The lowest BCUT2D eigenvalue weighted by molar-refractivity contribution is -0.137. The summed E-state index contributed by atoms with van der Waals surface area (Å²) in [5.74, 6) is -1.97. The van der Waals surface area contributed by atoms with Crippen molar-refractivity contribution in [3.05, 3.63) is 94.3 Å². The first-order chi connectivity index (χ1) is 18.0. The number of anilines is 1.